The van der Waals surface area contributed by atoms with Crippen LogP contribution in [0.2, 0.25) is 0 Å². The van der Waals surface area contributed by atoms with E-state index in [1.165, 1.54) is 13.8 Å². The molecule has 0 radical (unpaired) electrons. The smallest absolute Gasteiger partial charge is 0.370 e. The third kappa shape index (κ3) is 7.30. The van der Waals surface area contributed by atoms with Gasteiger partial charge in [-0.2, -0.15) is 0 Å². The molecule has 8 nitrogen and oxygen atoms in total. The van der Waals surface area contributed by atoms with Gasteiger partial charge in [-0.05, 0) is 37.7 Å². The number of carbonyl (C=O) groups excluding carboxylic acids is 3. The first kappa shape index (κ1) is 22.5. The molecule has 9 heteroatoms. The molecule has 1 aromatic rings. The predicted octanol–water partition coefficient (Wildman–Crippen LogP) is 2.67. The molecule has 0 saturated heterocycles. The van der Waals surface area contributed by atoms with Crippen LogP contribution in [0, 0.1) is 5.92 Å². The van der Waals surface area contributed by atoms with Gasteiger partial charge in [0.15, 0.2) is 0 Å². The molecule has 0 saturated carbocycles. The van der Waals surface area contributed by atoms with E-state index < -0.39 is 46.6 Å². The van der Waals surface area contributed by atoms with E-state index in [4.69, 9.17) is 9.47 Å². The molecular weight excluding hydrogens is 374 g/mol. The SMILES string of the molecule is CC(C)C(=O)N[C@@H](C(=O)O)C(C)(C)SC(=O)OCOC(=O)c1ccccc1. The minimum Gasteiger partial charge on any atom is -0.480 e. The zero-order valence-corrected chi connectivity index (χ0v) is 16.4. The molecule has 0 bridgehead atoms. The van der Waals surface area contributed by atoms with E-state index in [9.17, 15) is 24.3 Å². The molecule has 0 aliphatic carbocycles. The van der Waals surface area contributed by atoms with Gasteiger partial charge in [-0.15, -0.1) is 0 Å². The normalized spacial score (nSPS) is 12.2. The number of hydrogen-bond donors (Lipinski definition) is 2. The number of amides is 1. The van der Waals surface area contributed by atoms with Gasteiger partial charge in [0.1, 0.15) is 6.04 Å². The Morgan fingerprint density at radius 1 is 1.11 bits per heavy atom. The van der Waals surface area contributed by atoms with Crippen LogP contribution in [-0.2, 0) is 19.1 Å². The van der Waals surface area contributed by atoms with E-state index in [0.717, 1.165) is 0 Å². The molecule has 2 N–H and O–H groups in total. The van der Waals surface area contributed by atoms with Crippen LogP contribution < -0.4 is 5.32 Å². The number of carbonyl (C=O) groups is 4. The van der Waals surface area contributed by atoms with Gasteiger partial charge >= 0.3 is 17.2 Å². The maximum Gasteiger partial charge on any atom is 0.370 e. The Labute approximate surface area is 161 Å². The maximum atomic E-state index is 12.0. The van der Waals surface area contributed by atoms with Gasteiger partial charge in [0, 0.05) is 5.92 Å². The van der Waals surface area contributed by atoms with Crippen LogP contribution >= 0.6 is 11.8 Å². The topological polar surface area (TPSA) is 119 Å². The van der Waals surface area contributed by atoms with Gasteiger partial charge in [-0.1, -0.05) is 32.0 Å². The van der Waals surface area contributed by atoms with E-state index >= 15 is 0 Å². The number of nitrogens with one attached hydrogen (secondary N) is 1. The first-order valence-corrected chi connectivity index (χ1v) is 8.97. The van der Waals surface area contributed by atoms with Crippen molar-refractivity contribution < 1.29 is 33.8 Å². The standard InChI is InChI=1S/C18H23NO7S/c1-11(2)14(20)19-13(15(21)22)18(3,4)27-17(24)26-10-25-16(23)12-8-6-5-7-9-12/h5-9,11,13H,10H2,1-4H3,(H,19,20)(H,21,22)/t13-/m0/s1. The molecule has 27 heavy (non-hydrogen) atoms. The second kappa shape index (κ2) is 9.96. The lowest BCUT2D eigenvalue weighted by Gasteiger charge is -2.30. The Balaban J connectivity index is 2.58. The molecule has 0 fully saturated rings. The summed E-state index contributed by atoms with van der Waals surface area (Å²) in [5.74, 6) is -2.77. The van der Waals surface area contributed by atoms with E-state index in [0.29, 0.717) is 17.3 Å². The number of rotatable bonds is 8. The minimum absolute atomic E-state index is 0.309. The number of ether oxygens (including phenoxy) is 2. The van der Waals surface area contributed by atoms with Crippen molar-refractivity contribution >= 4 is 34.9 Å². The number of thioether (sulfide) groups is 1. The summed E-state index contributed by atoms with van der Waals surface area (Å²) in [6.07, 6.45) is 0. The van der Waals surface area contributed by atoms with Crippen molar-refractivity contribution in [1.29, 1.82) is 0 Å². The summed E-state index contributed by atoms with van der Waals surface area (Å²) in [7, 11) is 0. The summed E-state index contributed by atoms with van der Waals surface area (Å²) in [6.45, 7) is 5.64. The zero-order valence-electron chi connectivity index (χ0n) is 15.6. The number of carboxylic acids is 1. The lowest BCUT2D eigenvalue weighted by Crippen LogP contribution is -2.53. The average molecular weight is 397 g/mol. The van der Waals surface area contributed by atoms with Crippen molar-refractivity contribution in [2.24, 2.45) is 5.92 Å². The number of aliphatic carboxylic acids is 1. The lowest BCUT2D eigenvalue weighted by molar-refractivity contribution is -0.143. The third-order valence-corrected chi connectivity index (χ3v) is 4.52. The lowest BCUT2D eigenvalue weighted by atomic mass is 10.0. The summed E-state index contributed by atoms with van der Waals surface area (Å²) in [5.41, 5.74) is 0.309. The Hall–Kier alpha value is -2.55. The van der Waals surface area contributed by atoms with Crippen molar-refractivity contribution in [2.75, 3.05) is 6.79 Å². The Morgan fingerprint density at radius 2 is 1.70 bits per heavy atom. The molecular formula is C18H23NO7S. The third-order valence-electron chi connectivity index (χ3n) is 3.48. The monoisotopic (exact) mass is 397 g/mol. The quantitative estimate of drug-likeness (QED) is 0.508. The highest BCUT2D eigenvalue weighted by atomic mass is 32.2. The molecule has 0 spiro atoms. The number of hydrogen-bond acceptors (Lipinski definition) is 7. The Bertz CT molecular complexity index is 688. The molecule has 1 rings (SSSR count). The second-order valence-electron chi connectivity index (χ2n) is 6.45. The second-order valence-corrected chi connectivity index (χ2v) is 8.04. The minimum atomic E-state index is -1.31. The van der Waals surface area contributed by atoms with Gasteiger partial charge in [0.2, 0.25) is 12.7 Å². The van der Waals surface area contributed by atoms with Crippen LogP contribution in [0.4, 0.5) is 4.79 Å². The van der Waals surface area contributed by atoms with E-state index in [1.807, 2.05) is 0 Å². The Morgan fingerprint density at radius 3 is 2.22 bits per heavy atom. The van der Waals surface area contributed by atoms with Gasteiger partial charge in [-0.3, -0.25) is 4.79 Å². The molecule has 1 aromatic carbocycles. The summed E-state index contributed by atoms with van der Waals surface area (Å²) >= 11 is 0.592. The summed E-state index contributed by atoms with van der Waals surface area (Å²) in [5, 5.41) is 11.0. The summed E-state index contributed by atoms with van der Waals surface area (Å²) in [6, 6.07) is 6.87. The number of esters is 1. The van der Waals surface area contributed by atoms with Crippen molar-refractivity contribution in [3.05, 3.63) is 35.9 Å². The fourth-order valence-corrected chi connectivity index (χ4v) is 2.75. The highest BCUT2D eigenvalue weighted by Gasteiger charge is 2.40. The predicted molar refractivity (Wildman–Crippen MR) is 99.3 cm³/mol. The van der Waals surface area contributed by atoms with Crippen molar-refractivity contribution in [1.82, 2.24) is 5.32 Å². The molecule has 148 valence electrons. The van der Waals surface area contributed by atoms with Crippen molar-refractivity contribution in [3.63, 3.8) is 0 Å². The zero-order chi connectivity index (χ0) is 20.6. The van der Waals surface area contributed by atoms with Crippen LogP contribution in [-0.4, -0.2) is 45.8 Å². The molecule has 0 heterocycles. The van der Waals surface area contributed by atoms with Crippen LogP contribution in [0.25, 0.3) is 0 Å². The molecule has 1 amide bonds. The van der Waals surface area contributed by atoms with E-state index in [1.54, 1.807) is 44.2 Å². The van der Waals surface area contributed by atoms with Gasteiger partial charge in [-0.25, -0.2) is 14.4 Å². The molecule has 0 aromatic heterocycles. The first-order valence-electron chi connectivity index (χ1n) is 8.15. The molecule has 1 atom stereocenters. The maximum absolute atomic E-state index is 12.0. The molecule has 0 aliphatic rings. The average Bonchev–Trinajstić information content (AvgIpc) is 2.58. The van der Waals surface area contributed by atoms with Crippen LogP contribution in [0.15, 0.2) is 30.3 Å². The van der Waals surface area contributed by atoms with E-state index in [2.05, 4.69) is 5.32 Å². The first-order chi connectivity index (χ1) is 12.5. The van der Waals surface area contributed by atoms with Crippen LogP contribution in [0.5, 0.6) is 0 Å². The van der Waals surface area contributed by atoms with Gasteiger partial charge in [0.25, 0.3) is 0 Å². The highest BCUT2D eigenvalue weighted by molar-refractivity contribution is 8.14. The van der Waals surface area contributed by atoms with Gasteiger partial charge < -0.3 is 19.9 Å². The van der Waals surface area contributed by atoms with Crippen LogP contribution in [0.3, 0.4) is 0 Å². The van der Waals surface area contributed by atoms with E-state index in [-0.39, 0.29) is 0 Å². The largest absolute Gasteiger partial charge is 0.480 e. The van der Waals surface area contributed by atoms with Crippen molar-refractivity contribution in [3.8, 4) is 0 Å². The Kier molecular flexibility index (Phi) is 8.30. The van der Waals surface area contributed by atoms with Crippen molar-refractivity contribution in [2.45, 2.75) is 38.5 Å². The summed E-state index contributed by atoms with van der Waals surface area (Å²) < 4.78 is 8.47. The van der Waals surface area contributed by atoms with Crippen LogP contribution in [0.1, 0.15) is 38.1 Å². The number of benzene rings is 1. The molecule has 0 unspecified atom stereocenters. The molecule has 0 aliphatic heterocycles. The fraction of sp³-hybridized carbons (Fsp3) is 0.444. The number of carboxylic acid groups (broad SMARTS) is 1. The van der Waals surface area contributed by atoms with Gasteiger partial charge in [0.05, 0.1) is 10.3 Å². The fourth-order valence-electron chi connectivity index (χ4n) is 1.93. The highest BCUT2D eigenvalue weighted by Crippen LogP contribution is 2.30. The summed E-state index contributed by atoms with van der Waals surface area (Å²) in [4.78, 5) is 47.0.